The molecule has 3 unspecified atom stereocenters. The lowest BCUT2D eigenvalue weighted by atomic mass is 9.69. The number of hydrogen-bond acceptors (Lipinski definition) is 2. The van der Waals surface area contributed by atoms with Crippen molar-refractivity contribution in [1.82, 2.24) is 0 Å². The highest BCUT2D eigenvalue weighted by Gasteiger charge is 2.46. The fourth-order valence-corrected chi connectivity index (χ4v) is 3.83. The maximum absolute atomic E-state index is 13.4. The van der Waals surface area contributed by atoms with Gasteiger partial charge in [-0.3, -0.25) is 0 Å². The van der Waals surface area contributed by atoms with Crippen molar-refractivity contribution in [3.05, 3.63) is 29.6 Å². The van der Waals surface area contributed by atoms with Gasteiger partial charge in [-0.05, 0) is 43.7 Å². The lowest BCUT2D eigenvalue weighted by Crippen LogP contribution is -2.49. The summed E-state index contributed by atoms with van der Waals surface area (Å²) < 4.78 is 19.6. The fourth-order valence-electron chi connectivity index (χ4n) is 3.83. The highest BCUT2D eigenvalue weighted by molar-refractivity contribution is 5.38. The molecule has 0 bridgehead atoms. The van der Waals surface area contributed by atoms with Crippen molar-refractivity contribution in [1.29, 1.82) is 0 Å². The number of ether oxygens (including phenoxy) is 1. The Hall–Kier alpha value is -1.09. The van der Waals surface area contributed by atoms with Gasteiger partial charge >= 0.3 is 0 Å². The lowest BCUT2D eigenvalue weighted by Gasteiger charge is -2.48. The minimum atomic E-state index is -0.531. The van der Waals surface area contributed by atoms with Gasteiger partial charge in [0.2, 0.25) is 0 Å². The van der Waals surface area contributed by atoms with Crippen LogP contribution in [0.1, 0.15) is 57.1 Å². The first-order valence-electron chi connectivity index (χ1n) is 7.31. The van der Waals surface area contributed by atoms with Gasteiger partial charge in [0.1, 0.15) is 17.2 Å². The summed E-state index contributed by atoms with van der Waals surface area (Å²) in [6, 6.07) is 4.45. The highest BCUT2D eigenvalue weighted by Crippen LogP contribution is 2.49. The Morgan fingerprint density at radius 1 is 1.42 bits per heavy atom. The van der Waals surface area contributed by atoms with Crippen LogP contribution in [0.15, 0.2) is 18.2 Å². The molecule has 1 N–H and O–H groups in total. The van der Waals surface area contributed by atoms with Crippen molar-refractivity contribution in [3.8, 4) is 5.75 Å². The van der Waals surface area contributed by atoms with Gasteiger partial charge < -0.3 is 9.84 Å². The predicted molar refractivity (Wildman–Crippen MR) is 71.6 cm³/mol. The summed E-state index contributed by atoms with van der Waals surface area (Å²) >= 11 is 0. The second-order valence-corrected chi connectivity index (χ2v) is 5.92. The molecule has 1 aromatic rings. The van der Waals surface area contributed by atoms with Crippen LogP contribution >= 0.6 is 0 Å². The predicted octanol–water partition coefficient (Wildman–Crippen LogP) is 3.98. The van der Waals surface area contributed by atoms with Crippen molar-refractivity contribution in [2.45, 2.75) is 57.2 Å². The zero-order chi connectivity index (χ0) is 13.5. The number of benzene rings is 1. The minimum absolute atomic E-state index is 0.285. The van der Waals surface area contributed by atoms with E-state index in [4.69, 9.17) is 4.74 Å². The van der Waals surface area contributed by atoms with E-state index in [9.17, 15) is 9.50 Å². The molecule has 1 aliphatic carbocycles. The first-order valence-corrected chi connectivity index (χ1v) is 7.31. The molecular weight excluding hydrogens is 243 g/mol. The third-order valence-electron chi connectivity index (χ3n) is 4.83. The minimum Gasteiger partial charge on any atom is -0.486 e. The van der Waals surface area contributed by atoms with E-state index in [0.29, 0.717) is 18.1 Å². The number of hydrogen-bond donors (Lipinski definition) is 1. The molecule has 0 amide bonds. The molecule has 2 aliphatic rings. The van der Waals surface area contributed by atoms with Crippen LogP contribution in [0.5, 0.6) is 5.75 Å². The van der Waals surface area contributed by atoms with Crippen LogP contribution in [0.4, 0.5) is 4.39 Å². The van der Waals surface area contributed by atoms with Crippen molar-refractivity contribution in [2.24, 2.45) is 5.92 Å². The first-order chi connectivity index (χ1) is 9.14. The van der Waals surface area contributed by atoms with Crippen molar-refractivity contribution < 1.29 is 14.2 Å². The molecule has 1 aliphatic heterocycles. The van der Waals surface area contributed by atoms with Gasteiger partial charge in [-0.15, -0.1) is 0 Å². The second kappa shape index (κ2) is 4.78. The van der Waals surface area contributed by atoms with Gasteiger partial charge in [-0.25, -0.2) is 4.39 Å². The van der Waals surface area contributed by atoms with Crippen LogP contribution in [0.25, 0.3) is 0 Å². The largest absolute Gasteiger partial charge is 0.486 e. The SMILES string of the molecule is CCC1CCCCC12CC(O)c1ccc(F)cc1O2. The number of rotatable bonds is 1. The highest BCUT2D eigenvalue weighted by atomic mass is 19.1. The molecule has 3 heteroatoms. The van der Waals surface area contributed by atoms with Gasteiger partial charge in [0.05, 0.1) is 6.10 Å². The molecule has 1 saturated carbocycles. The molecule has 2 nitrogen and oxygen atoms in total. The Morgan fingerprint density at radius 3 is 3.05 bits per heavy atom. The summed E-state index contributed by atoms with van der Waals surface area (Å²) in [6.45, 7) is 2.18. The molecular formula is C16H21FO2. The van der Waals surface area contributed by atoms with Crippen molar-refractivity contribution in [3.63, 3.8) is 0 Å². The van der Waals surface area contributed by atoms with Crippen LogP contribution in [0, 0.1) is 11.7 Å². The number of aliphatic hydroxyl groups is 1. The Kier molecular flexibility index (Phi) is 3.25. The number of halogens is 1. The van der Waals surface area contributed by atoms with E-state index in [0.717, 1.165) is 31.2 Å². The van der Waals surface area contributed by atoms with E-state index in [2.05, 4.69) is 6.92 Å². The quantitative estimate of drug-likeness (QED) is 0.831. The molecule has 1 spiro atoms. The van der Waals surface area contributed by atoms with Gasteiger partial charge in [-0.1, -0.05) is 13.3 Å². The van der Waals surface area contributed by atoms with Crippen molar-refractivity contribution >= 4 is 0 Å². The fraction of sp³-hybridized carbons (Fsp3) is 0.625. The Morgan fingerprint density at radius 2 is 2.26 bits per heavy atom. The van der Waals surface area contributed by atoms with E-state index < -0.39 is 6.10 Å². The molecule has 19 heavy (non-hydrogen) atoms. The molecule has 0 saturated heterocycles. The summed E-state index contributed by atoms with van der Waals surface area (Å²) in [6.07, 6.45) is 5.65. The lowest BCUT2D eigenvalue weighted by molar-refractivity contribution is -0.0783. The zero-order valence-electron chi connectivity index (χ0n) is 11.4. The first kappa shape index (κ1) is 12.9. The van der Waals surface area contributed by atoms with Crippen LogP contribution < -0.4 is 4.74 Å². The van der Waals surface area contributed by atoms with Crippen LogP contribution in [-0.4, -0.2) is 10.7 Å². The zero-order valence-corrected chi connectivity index (χ0v) is 11.4. The number of fused-ring (bicyclic) bond motifs is 1. The maximum atomic E-state index is 13.4. The monoisotopic (exact) mass is 264 g/mol. The van der Waals surface area contributed by atoms with Gasteiger partial charge in [0.25, 0.3) is 0 Å². The summed E-state index contributed by atoms with van der Waals surface area (Å²) in [5.41, 5.74) is 0.445. The normalized spacial score (nSPS) is 33.8. The molecule has 0 aromatic heterocycles. The third-order valence-corrected chi connectivity index (χ3v) is 4.83. The molecule has 1 heterocycles. The molecule has 0 radical (unpaired) electrons. The van der Waals surface area contributed by atoms with Gasteiger partial charge in [-0.2, -0.15) is 0 Å². The van der Waals surface area contributed by atoms with Gasteiger partial charge in [0.15, 0.2) is 0 Å². The summed E-state index contributed by atoms with van der Waals surface area (Å²) in [5.74, 6) is 0.707. The summed E-state index contributed by atoms with van der Waals surface area (Å²) in [4.78, 5) is 0. The Balaban J connectivity index is 1.98. The summed E-state index contributed by atoms with van der Waals surface area (Å²) in [7, 11) is 0. The van der Waals surface area contributed by atoms with E-state index >= 15 is 0 Å². The second-order valence-electron chi connectivity index (χ2n) is 5.92. The van der Waals surface area contributed by atoms with E-state index in [-0.39, 0.29) is 11.4 Å². The molecule has 1 fully saturated rings. The van der Waals surface area contributed by atoms with Crippen LogP contribution in [0.3, 0.4) is 0 Å². The van der Waals surface area contributed by atoms with Crippen LogP contribution in [-0.2, 0) is 0 Å². The standard InChI is InChI=1S/C16H21FO2/c1-2-11-5-3-4-8-16(11)10-14(18)13-7-6-12(17)9-15(13)19-16/h6-7,9,11,14,18H,2-5,8,10H2,1H3. The summed E-state index contributed by atoms with van der Waals surface area (Å²) in [5, 5.41) is 10.4. The average molecular weight is 264 g/mol. The van der Waals surface area contributed by atoms with Crippen molar-refractivity contribution in [2.75, 3.05) is 0 Å². The molecule has 3 atom stereocenters. The van der Waals surface area contributed by atoms with E-state index in [1.54, 1.807) is 6.07 Å². The third kappa shape index (κ3) is 2.14. The average Bonchev–Trinajstić information content (AvgIpc) is 2.38. The maximum Gasteiger partial charge on any atom is 0.128 e. The number of aliphatic hydroxyl groups excluding tert-OH is 1. The van der Waals surface area contributed by atoms with E-state index in [1.807, 2.05) is 0 Å². The van der Waals surface area contributed by atoms with E-state index in [1.165, 1.54) is 18.6 Å². The molecule has 1 aromatic carbocycles. The smallest absolute Gasteiger partial charge is 0.128 e. The van der Waals surface area contributed by atoms with Gasteiger partial charge in [0, 0.05) is 18.1 Å². The Bertz CT molecular complexity index is 474. The molecule has 104 valence electrons. The molecule has 3 rings (SSSR count). The van der Waals surface area contributed by atoms with Crippen LogP contribution in [0.2, 0.25) is 0 Å². The Labute approximate surface area is 113 Å². The topological polar surface area (TPSA) is 29.5 Å².